The maximum atomic E-state index is 11.4. The molecule has 4 nitrogen and oxygen atoms in total. The molecule has 0 unspecified atom stereocenters. The quantitative estimate of drug-likeness (QED) is 0.620. The van der Waals surface area contributed by atoms with Crippen LogP contribution in [-0.4, -0.2) is 5.97 Å². The van der Waals surface area contributed by atoms with Crippen LogP contribution in [0.1, 0.15) is 16.9 Å². The maximum Gasteiger partial charge on any atom is 0.331 e. The highest BCUT2D eigenvalue weighted by atomic mass is 16.5. The average Bonchev–Trinajstić information content (AvgIpc) is 2.96. The first-order valence-corrected chi connectivity index (χ1v) is 5.65. The standard InChI is InChI=1S/C15H11NO3/c16-10-12-3-5-13(6-4-12)11-19-15(17)8-7-14-2-1-9-18-14/h1-9H,11H2. The minimum atomic E-state index is -0.444. The Kier molecular flexibility index (Phi) is 4.14. The molecular formula is C15H11NO3. The van der Waals surface area contributed by atoms with Gasteiger partial charge in [0.2, 0.25) is 0 Å². The molecule has 0 spiro atoms. The fourth-order valence-corrected chi connectivity index (χ4v) is 1.41. The van der Waals surface area contributed by atoms with Gasteiger partial charge in [0.1, 0.15) is 12.4 Å². The van der Waals surface area contributed by atoms with Crippen LogP contribution < -0.4 is 0 Å². The molecule has 1 aromatic heterocycles. The van der Waals surface area contributed by atoms with Crippen molar-refractivity contribution in [2.45, 2.75) is 6.61 Å². The second-order valence-corrected chi connectivity index (χ2v) is 3.77. The van der Waals surface area contributed by atoms with Gasteiger partial charge in [0.15, 0.2) is 0 Å². The van der Waals surface area contributed by atoms with Crippen molar-refractivity contribution in [3.05, 3.63) is 65.6 Å². The summed E-state index contributed by atoms with van der Waals surface area (Å²) in [5.41, 5.74) is 1.41. The predicted octanol–water partition coefficient (Wildman–Crippen LogP) is 2.91. The lowest BCUT2D eigenvalue weighted by Crippen LogP contribution is -2.00. The van der Waals surface area contributed by atoms with Crippen LogP contribution in [0.5, 0.6) is 0 Å². The van der Waals surface area contributed by atoms with Crippen molar-refractivity contribution in [2.24, 2.45) is 0 Å². The van der Waals surface area contributed by atoms with Gasteiger partial charge < -0.3 is 9.15 Å². The Hall–Kier alpha value is -2.80. The second kappa shape index (κ2) is 6.22. The van der Waals surface area contributed by atoms with Crippen molar-refractivity contribution in [1.82, 2.24) is 0 Å². The van der Waals surface area contributed by atoms with Crippen LogP contribution in [0, 0.1) is 11.3 Å². The van der Waals surface area contributed by atoms with E-state index in [2.05, 4.69) is 0 Å². The third-order valence-corrected chi connectivity index (χ3v) is 2.39. The van der Waals surface area contributed by atoms with E-state index in [9.17, 15) is 4.79 Å². The number of furan rings is 1. The highest BCUT2D eigenvalue weighted by Crippen LogP contribution is 2.06. The van der Waals surface area contributed by atoms with E-state index in [0.717, 1.165) is 5.56 Å². The Morgan fingerprint density at radius 1 is 1.32 bits per heavy atom. The number of nitriles is 1. The van der Waals surface area contributed by atoms with E-state index >= 15 is 0 Å². The van der Waals surface area contributed by atoms with E-state index in [1.165, 1.54) is 12.3 Å². The average molecular weight is 253 g/mol. The molecule has 0 aliphatic heterocycles. The summed E-state index contributed by atoms with van der Waals surface area (Å²) in [6.07, 6.45) is 4.38. The zero-order chi connectivity index (χ0) is 13.5. The van der Waals surface area contributed by atoms with Gasteiger partial charge >= 0.3 is 5.97 Å². The van der Waals surface area contributed by atoms with E-state index in [4.69, 9.17) is 14.4 Å². The molecule has 94 valence electrons. The highest BCUT2D eigenvalue weighted by Gasteiger charge is 2.00. The molecule has 0 atom stereocenters. The lowest BCUT2D eigenvalue weighted by Gasteiger charge is -2.01. The molecule has 0 saturated heterocycles. The van der Waals surface area contributed by atoms with Gasteiger partial charge in [-0.3, -0.25) is 0 Å². The summed E-state index contributed by atoms with van der Waals surface area (Å²) in [5, 5.41) is 8.65. The molecule has 2 rings (SSSR count). The van der Waals surface area contributed by atoms with Crippen LogP contribution in [0.3, 0.4) is 0 Å². The normalized spacial score (nSPS) is 10.3. The van der Waals surface area contributed by atoms with Crippen LogP contribution >= 0.6 is 0 Å². The molecule has 0 saturated carbocycles. The summed E-state index contributed by atoms with van der Waals surface area (Å²) in [7, 11) is 0. The Morgan fingerprint density at radius 2 is 2.11 bits per heavy atom. The smallest absolute Gasteiger partial charge is 0.331 e. The summed E-state index contributed by atoms with van der Waals surface area (Å²) in [5.74, 6) is 0.149. The van der Waals surface area contributed by atoms with Crippen molar-refractivity contribution in [1.29, 1.82) is 5.26 Å². The van der Waals surface area contributed by atoms with Crippen LogP contribution in [0.25, 0.3) is 6.08 Å². The second-order valence-electron chi connectivity index (χ2n) is 3.77. The lowest BCUT2D eigenvalue weighted by molar-refractivity contribution is -0.138. The van der Waals surface area contributed by atoms with Crippen LogP contribution in [0.2, 0.25) is 0 Å². The predicted molar refractivity (Wildman–Crippen MR) is 68.7 cm³/mol. The van der Waals surface area contributed by atoms with Crippen LogP contribution in [-0.2, 0) is 16.1 Å². The van der Waals surface area contributed by atoms with Crippen molar-refractivity contribution in [2.75, 3.05) is 0 Å². The Bertz CT molecular complexity index is 604. The number of ether oxygens (including phenoxy) is 1. The van der Waals surface area contributed by atoms with E-state index in [1.807, 2.05) is 6.07 Å². The number of carbonyl (C=O) groups excluding carboxylic acids is 1. The summed E-state index contributed by atoms with van der Waals surface area (Å²) in [6, 6.07) is 12.4. The Morgan fingerprint density at radius 3 is 2.74 bits per heavy atom. The van der Waals surface area contributed by atoms with Gasteiger partial charge in [-0.2, -0.15) is 5.26 Å². The number of benzene rings is 1. The largest absolute Gasteiger partial charge is 0.465 e. The maximum absolute atomic E-state index is 11.4. The molecule has 0 amide bonds. The SMILES string of the molecule is N#Cc1ccc(COC(=O)C=Cc2ccco2)cc1. The van der Waals surface area contributed by atoms with Crippen molar-refractivity contribution >= 4 is 12.0 Å². The van der Waals surface area contributed by atoms with Crippen molar-refractivity contribution in [3.63, 3.8) is 0 Å². The fraction of sp³-hybridized carbons (Fsp3) is 0.0667. The third kappa shape index (κ3) is 3.86. The van der Waals surface area contributed by atoms with Crippen molar-refractivity contribution in [3.8, 4) is 6.07 Å². The van der Waals surface area contributed by atoms with E-state index in [1.54, 1.807) is 42.5 Å². The third-order valence-electron chi connectivity index (χ3n) is 2.39. The van der Waals surface area contributed by atoms with Gasteiger partial charge in [-0.15, -0.1) is 0 Å². The van der Waals surface area contributed by atoms with Gasteiger partial charge in [0, 0.05) is 6.08 Å². The van der Waals surface area contributed by atoms with Gasteiger partial charge in [-0.25, -0.2) is 4.79 Å². The zero-order valence-electron chi connectivity index (χ0n) is 10.1. The highest BCUT2D eigenvalue weighted by molar-refractivity contribution is 5.86. The molecule has 1 aromatic carbocycles. The van der Waals surface area contributed by atoms with Gasteiger partial charge in [0.05, 0.1) is 17.9 Å². The summed E-state index contributed by atoms with van der Waals surface area (Å²) >= 11 is 0. The van der Waals surface area contributed by atoms with E-state index < -0.39 is 5.97 Å². The van der Waals surface area contributed by atoms with Gasteiger partial charge in [-0.05, 0) is 35.9 Å². The number of carbonyl (C=O) groups is 1. The first-order chi connectivity index (χ1) is 9.28. The number of hydrogen-bond acceptors (Lipinski definition) is 4. The molecule has 0 N–H and O–H groups in total. The molecule has 2 aromatic rings. The number of nitrogens with zero attached hydrogens (tertiary/aromatic N) is 1. The van der Waals surface area contributed by atoms with E-state index in [-0.39, 0.29) is 6.61 Å². The molecule has 4 heteroatoms. The summed E-state index contributed by atoms with van der Waals surface area (Å²) in [4.78, 5) is 11.4. The number of hydrogen-bond donors (Lipinski definition) is 0. The first kappa shape index (κ1) is 12.7. The molecular weight excluding hydrogens is 242 g/mol. The fourth-order valence-electron chi connectivity index (χ4n) is 1.41. The summed E-state index contributed by atoms with van der Waals surface area (Å²) < 4.78 is 10.1. The minimum absolute atomic E-state index is 0.174. The molecule has 0 aliphatic rings. The van der Waals surface area contributed by atoms with Crippen molar-refractivity contribution < 1.29 is 13.9 Å². The lowest BCUT2D eigenvalue weighted by atomic mass is 10.2. The molecule has 0 fully saturated rings. The molecule has 0 radical (unpaired) electrons. The molecule has 19 heavy (non-hydrogen) atoms. The Balaban J connectivity index is 1.84. The first-order valence-electron chi connectivity index (χ1n) is 5.65. The van der Waals surface area contributed by atoms with Gasteiger partial charge in [-0.1, -0.05) is 12.1 Å². The molecule has 1 heterocycles. The molecule has 0 bridgehead atoms. The van der Waals surface area contributed by atoms with E-state index in [0.29, 0.717) is 11.3 Å². The Labute approximate surface area is 110 Å². The minimum Gasteiger partial charge on any atom is -0.465 e. The number of rotatable bonds is 4. The van der Waals surface area contributed by atoms with Gasteiger partial charge in [0.25, 0.3) is 0 Å². The molecule has 0 aliphatic carbocycles. The number of esters is 1. The topological polar surface area (TPSA) is 63.2 Å². The summed E-state index contributed by atoms with van der Waals surface area (Å²) in [6.45, 7) is 0.174. The van der Waals surface area contributed by atoms with Crippen LogP contribution in [0.15, 0.2) is 53.2 Å². The zero-order valence-corrected chi connectivity index (χ0v) is 10.1. The van der Waals surface area contributed by atoms with Crippen LogP contribution in [0.4, 0.5) is 0 Å². The monoisotopic (exact) mass is 253 g/mol.